The monoisotopic (exact) mass is 351 g/mol. The van der Waals surface area contributed by atoms with Crippen LogP contribution in [0.5, 0.6) is 0 Å². The number of cyclic esters (lactones) is 1. The van der Waals surface area contributed by atoms with Gasteiger partial charge in [-0.05, 0) is 43.9 Å². The van der Waals surface area contributed by atoms with Gasteiger partial charge in [0.2, 0.25) is 0 Å². The van der Waals surface area contributed by atoms with Crippen molar-refractivity contribution in [1.82, 2.24) is 14.7 Å². The van der Waals surface area contributed by atoms with Crippen LogP contribution in [-0.2, 0) is 4.74 Å². The van der Waals surface area contributed by atoms with Crippen molar-refractivity contribution in [2.24, 2.45) is 5.41 Å². The zero-order chi connectivity index (χ0) is 17.6. The summed E-state index contributed by atoms with van der Waals surface area (Å²) in [6.45, 7) is 6.14. The number of carboxylic acid groups (broad SMARTS) is 1. The van der Waals surface area contributed by atoms with Gasteiger partial charge in [-0.25, -0.2) is 9.59 Å². The van der Waals surface area contributed by atoms with E-state index in [-0.39, 0.29) is 17.6 Å². The quantitative estimate of drug-likeness (QED) is 0.844. The van der Waals surface area contributed by atoms with Crippen LogP contribution in [0.3, 0.4) is 0 Å². The topological polar surface area (TPSA) is 73.3 Å². The van der Waals surface area contributed by atoms with Gasteiger partial charge in [-0.1, -0.05) is 6.92 Å². The third-order valence-corrected chi connectivity index (χ3v) is 6.93. The summed E-state index contributed by atoms with van der Waals surface area (Å²) in [6, 6.07) is 1.16. The highest BCUT2D eigenvalue weighted by atomic mass is 16.6. The molecule has 1 spiro atoms. The van der Waals surface area contributed by atoms with Gasteiger partial charge in [0.25, 0.3) is 0 Å². The van der Waals surface area contributed by atoms with E-state index in [0.717, 1.165) is 51.6 Å². The maximum atomic E-state index is 12.0. The highest BCUT2D eigenvalue weighted by Crippen LogP contribution is 2.50. The van der Waals surface area contributed by atoms with Gasteiger partial charge in [-0.3, -0.25) is 4.90 Å². The Kier molecular flexibility index (Phi) is 4.30. The lowest BCUT2D eigenvalue weighted by molar-refractivity contribution is -0.0132. The third kappa shape index (κ3) is 2.96. The van der Waals surface area contributed by atoms with Crippen LogP contribution in [0.1, 0.15) is 45.4 Å². The second kappa shape index (κ2) is 6.34. The number of likely N-dealkylation sites (tertiary alicyclic amines) is 2. The molecule has 4 rings (SSSR count). The minimum Gasteiger partial charge on any atom is -0.465 e. The van der Waals surface area contributed by atoms with Crippen LogP contribution in [0, 0.1) is 5.41 Å². The standard InChI is InChI=1S/C18H29N3O4/c1-2-13-11-25-17(24)21(13)14-3-6-19(7-4-14)15-9-18(10-15)5-8-20(12-18)16(22)23/h13-15H,2-12H2,1H3,(H,22,23)/t13-,15?,18?/m0/s1. The van der Waals surface area contributed by atoms with Gasteiger partial charge in [0.15, 0.2) is 0 Å². The Bertz CT molecular complexity index is 540. The molecule has 0 unspecified atom stereocenters. The summed E-state index contributed by atoms with van der Waals surface area (Å²) in [6.07, 6.45) is 5.38. The minimum atomic E-state index is -0.774. The van der Waals surface area contributed by atoms with E-state index in [1.54, 1.807) is 4.90 Å². The molecule has 2 amide bonds. The first-order valence-electron chi connectivity index (χ1n) is 9.68. The van der Waals surface area contributed by atoms with Crippen molar-refractivity contribution in [3.63, 3.8) is 0 Å². The molecular formula is C18H29N3O4. The van der Waals surface area contributed by atoms with Crippen molar-refractivity contribution in [3.05, 3.63) is 0 Å². The van der Waals surface area contributed by atoms with Gasteiger partial charge < -0.3 is 19.6 Å². The smallest absolute Gasteiger partial charge is 0.410 e. The lowest BCUT2D eigenvalue weighted by Gasteiger charge is -2.52. The van der Waals surface area contributed by atoms with Crippen molar-refractivity contribution >= 4 is 12.2 Å². The van der Waals surface area contributed by atoms with Gasteiger partial charge >= 0.3 is 12.2 Å². The molecule has 3 aliphatic heterocycles. The molecule has 0 bridgehead atoms. The first-order chi connectivity index (χ1) is 12.0. The molecule has 0 aromatic rings. The highest BCUT2D eigenvalue weighted by molar-refractivity contribution is 5.70. The van der Waals surface area contributed by atoms with E-state index >= 15 is 0 Å². The molecule has 1 atom stereocenters. The van der Waals surface area contributed by atoms with Crippen LogP contribution in [-0.4, -0.2) is 82.9 Å². The normalized spacial score (nSPS) is 36.8. The molecule has 7 heteroatoms. The molecule has 1 aliphatic carbocycles. The fourth-order valence-electron chi connectivity index (χ4n) is 5.39. The van der Waals surface area contributed by atoms with Crippen molar-refractivity contribution in [3.8, 4) is 0 Å². The molecule has 3 heterocycles. The predicted molar refractivity (Wildman–Crippen MR) is 91.5 cm³/mol. The first-order valence-corrected chi connectivity index (χ1v) is 9.68. The summed E-state index contributed by atoms with van der Waals surface area (Å²) < 4.78 is 5.24. The molecule has 0 aromatic heterocycles. The Labute approximate surface area is 148 Å². The number of piperidine rings is 1. The van der Waals surface area contributed by atoms with Gasteiger partial charge in [0, 0.05) is 38.3 Å². The number of ether oxygens (including phenoxy) is 1. The summed E-state index contributed by atoms with van der Waals surface area (Å²) in [5, 5.41) is 9.15. The summed E-state index contributed by atoms with van der Waals surface area (Å²) in [5.74, 6) is 0. The van der Waals surface area contributed by atoms with E-state index in [9.17, 15) is 9.59 Å². The van der Waals surface area contributed by atoms with Crippen LogP contribution in [0.25, 0.3) is 0 Å². The van der Waals surface area contributed by atoms with Crippen molar-refractivity contribution < 1.29 is 19.4 Å². The molecular weight excluding hydrogens is 322 g/mol. The van der Waals surface area contributed by atoms with Crippen LogP contribution < -0.4 is 0 Å². The zero-order valence-electron chi connectivity index (χ0n) is 15.0. The van der Waals surface area contributed by atoms with Gasteiger partial charge in [-0.15, -0.1) is 0 Å². The average molecular weight is 351 g/mol. The number of nitrogens with zero attached hydrogens (tertiary/aromatic N) is 3. The Morgan fingerprint density at radius 1 is 1.24 bits per heavy atom. The molecule has 4 fully saturated rings. The Hall–Kier alpha value is -1.50. The van der Waals surface area contributed by atoms with Gasteiger partial charge in [0.05, 0.1) is 6.04 Å². The number of amides is 2. The van der Waals surface area contributed by atoms with Gasteiger partial charge in [-0.2, -0.15) is 0 Å². The van der Waals surface area contributed by atoms with Crippen LogP contribution in [0.4, 0.5) is 9.59 Å². The maximum absolute atomic E-state index is 12.0. The van der Waals surface area contributed by atoms with Gasteiger partial charge in [0.1, 0.15) is 6.61 Å². The second-order valence-corrected chi connectivity index (χ2v) is 8.33. The second-order valence-electron chi connectivity index (χ2n) is 8.33. The van der Waals surface area contributed by atoms with E-state index in [0.29, 0.717) is 31.8 Å². The summed E-state index contributed by atoms with van der Waals surface area (Å²) in [7, 11) is 0. The number of carbonyl (C=O) groups is 2. The first kappa shape index (κ1) is 16.9. The van der Waals surface area contributed by atoms with E-state index < -0.39 is 6.09 Å². The lowest BCUT2D eigenvalue weighted by atomic mass is 9.64. The number of rotatable bonds is 3. The van der Waals surface area contributed by atoms with Crippen molar-refractivity contribution in [1.29, 1.82) is 0 Å². The fourth-order valence-corrected chi connectivity index (χ4v) is 5.39. The van der Waals surface area contributed by atoms with E-state index in [2.05, 4.69) is 11.8 Å². The summed E-state index contributed by atoms with van der Waals surface area (Å²) in [5.41, 5.74) is 0.242. The fraction of sp³-hybridized carbons (Fsp3) is 0.889. The predicted octanol–water partition coefficient (Wildman–Crippen LogP) is 2.21. The molecule has 1 saturated carbocycles. The Morgan fingerprint density at radius 2 is 1.96 bits per heavy atom. The number of carbonyl (C=O) groups excluding carboxylic acids is 1. The van der Waals surface area contributed by atoms with E-state index in [4.69, 9.17) is 9.84 Å². The summed E-state index contributed by atoms with van der Waals surface area (Å²) in [4.78, 5) is 29.3. The molecule has 25 heavy (non-hydrogen) atoms. The SMILES string of the molecule is CC[C@H]1COC(=O)N1C1CCN(C2CC3(CCN(C(=O)O)C3)C2)CC1. The van der Waals surface area contributed by atoms with E-state index in [1.807, 2.05) is 4.90 Å². The molecule has 7 nitrogen and oxygen atoms in total. The highest BCUT2D eigenvalue weighted by Gasteiger charge is 2.51. The van der Waals surface area contributed by atoms with Crippen LogP contribution >= 0.6 is 0 Å². The molecule has 0 radical (unpaired) electrons. The molecule has 140 valence electrons. The summed E-state index contributed by atoms with van der Waals surface area (Å²) >= 11 is 0. The van der Waals surface area contributed by atoms with Crippen molar-refractivity contribution in [2.45, 2.75) is 63.6 Å². The average Bonchev–Trinajstić information content (AvgIpc) is 3.18. The minimum absolute atomic E-state index is 0.132. The zero-order valence-corrected chi connectivity index (χ0v) is 15.0. The largest absolute Gasteiger partial charge is 0.465 e. The van der Waals surface area contributed by atoms with Crippen LogP contribution in [0.15, 0.2) is 0 Å². The molecule has 3 saturated heterocycles. The molecule has 0 aromatic carbocycles. The Morgan fingerprint density at radius 3 is 2.56 bits per heavy atom. The van der Waals surface area contributed by atoms with E-state index in [1.165, 1.54) is 0 Å². The number of hydrogen-bond acceptors (Lipinski definition) is 4. The number of hydrogen-bond donors (Lipinski definition) is 1. The van der Waals surface area contributed by atoms with Crippen molar-refractivity contribution in [2.75, 3.05) is 32.8 Å². The lowest BCUT2D eigenvalue weighted by Crippen LogP contribution is -2.56. The molecule has 1 N–H and O–H groups in total. The van der Waals surface area contributed by atoms with Crippen LogP contribution in [0.2, 0.25) is 0 Å². The Balaban J connectivity index is 1.27. The maximum Gasteiger partial charge on any atom is 0.410 e. The third-order valence-electron chi connectivity index (χ3n) is 6.93. The molecule has 4 aliphatic rings.